The third kappa shape index (κ3) is 3.95. The van der Waals surface area contributed by atoms with Gasteiger partial charge in [-0.1, -0.05) is 24.3 Å². The molecule has 0 aliphatic heterocycles. The van der Waals surface area contributed by atoms with Crippen LogP contribution in [0, 0.1) is 6.92 Å². The number of aromatic nitrogens is 2. The molecule has 1 aromatic carbocycles. The molecule has 1 aromatic heterocycles. The van der Waals surface area contributed by atoms with Crippen molar-refractivity contribution in [1.82, 2.24) is 9.97 Å². The van der Waals surface area contributed by atoms with Crippen molar-refractivity contribution >= 4 is 17.6 Å². The molecule has 2 aromatic rings. The van der Waals surface area contributed by atoms with Gasteiger partial charge in [-0.3, -0.25) is 0 Å². The van der Waals surface area contributed by atoms with Crippen LogP contribution >= 0.6 is 11.8 Å². The van der Waals surface area contributed by atoms with Crippen molar-refractivity contribution in [3.63, 3.8) is 0 Å². The highest BCUT2D eigenvalue weighted by Crippen LogP contribution is 2.24. The van der Waals surface area contributed by atoms with Crippen molar-refractivity contribution in [2.75, 3.05) is 19.5 Å². The van der Waals surface area contributed by atoms with E-state index >= 15 is 0 Å². The molecule has 0 atom stereocenters. The molecule has 106 valence electrons. The first-order chi connectivity index (χ1) is 9.72. The first kappa shape index (κ1) is 14.8. The number of thioether (sulfide) groups is 1. The van der Waals surface area contributed by atoms with Crippen LogP contribution < -0.4 is 5.32 Å². The minimum atomic E-state index is 0.424. The summed E-state index contributed by atoms with van der Waals surface area (Å²) < 4.78 is 5.10. The summed E-state index contributed by atoms with van der Waals surface area (Å²) in [6.07, 6.45) is 0. The maximum Gasteiger partial charge on any atom is 0.157 e. The fraction of sp³-hybridized carbons (Fsp3) is 0.333. The van der Waals surface area contributed by atoms with E-state index in [-0.39, 0.29) is 0 Å². The molecule has 1 N–H and O–H groups in total. The number of aryl methyl sites for hydroxylation is 1. The summed E-state index contributed by atoms with van der Waals surface area (Å²) in [7, 11) is 3.50. The molecule has 0 saturated carbocycles. The van der Waals surface area contributed by atoms with Crippen LogP contribution in [-0.2, 0) is 17.1 Å². The lowest BCUT2D eigenvalue weighted by Crippen LogP contribution is -2.02. The lowest BCUT2D eigenvalue weighted by Gasteiger charge is -2.08. The molecule has 20 heavy (non-hydrogen) atoms. The Morgan fingerprint density at radius 3 is 2.75 bits per heavy atom. The van der Waals surface area contributed by atoms with Gasteiger partial charge in [0, 0.05) is 26.0 Å². The Kier molecular flexibility index (Phi) is 5.38. The summed E-state index contributed by atoms with van der Waals surface area (Å²) in [6.45, 7) is 2.55. The van der Waals surface area contributed by atoms with E-state index in [1.807, 2.05) is 13.1 Å². The number of methoxy groups -OCH3 is 1. The zero-order chi connectivity index (χ0) is 14.4. The van der Waals surface area contributed by atoms with Crippen molar-refractivity contribution in [3.05, 3.63) is 47.3 Å². The molecular formula is C15H19N3OS. The van der Waals surface area contributed by atoms with Crippen LogP contribution in [0.2, 0.25) is 0 Å². The van der Waals surface area contributed by atoms with Crippen LogP contribution in [0.25, 0.3) is 0 Å². The summed E-state index contributed by atoms with van der Waals surface area (Å²) in [5.41, 5.74) is 2.63. The van der Waals surface area contributed by atoms with E-state index in [0.29, 0.717) is 12.4 Å². The molecule has 0 spiro atoms. The maximum absolute atomic E-state index is 5.10. The van der Waals surface area contributed by atoms with Gasteiger partial charge < -0.3 is 10.1 Å². The molecule has 4 nitrogen and oxygen atoms in total. The third-order valence-corrected chi connectivity index (χ3v) is 3.88. The number of ether oxygens (including phenoxy) is 1. The largest absolute Gasteiger partial charge is 0.377 e. The smallest absolute Gasteiger partial charge is 0.157 e. The Balaban J connectivity index is 2.12. The van der Waals surface area contributed by atoms with Crippen LogP contribution in [0.5, 0.6) is 0 Å². The normalized spacial score (nSPS) is 10.6. The van der Waals surface area contributed by atoms with Crippen molar-refractivity contribution < 1.29 is 4.74 Å². The topological polar surface area (TPSA) is 47.0 Å². The molecule has 0 fully saturated rings. The predicted molar refractivity (Wildman–Crippen MR) is 83.0 cm³/mol. The van der Waals surface area contributed by atoms with Crippen molar-refractivity contribution in [2.24, 2.45) is 0 Å². The molecule has 0 amide bonds. The first-order valence-electron chi connectivity index (χ1n) is 6.45. The molecule has 0 unspecified atom stereocenters. The minimum Gasteiger partial charge on any atom is -0.377 e. The molecule has 0 aliphatic rings. The molecule has 1 heterocycles. The highest BCUT2D eigenvalue weighted by molar-refractivity contribution is 7.98. The molecule has 5 heteroatoms. The molecule has 0 saturated heterocycles. The van der Waals surface area contributed by atoms with E-state index in [0.717, 1.165) is 16.6 Å². The Labute approximate surface area is 124 Å². The lowest BCUT2D eigenvalue weighted by atomic mass is 10.1. The van der Waals surface area contributed by atoms with Gasteiger partial charge in [-0.05, 0) is 18.1 Å². The van der Waals surface area contributed by atoms with E-state index in [4.69, 9.17) is 4.74 Å². The quantitative estimate of drug-likeness (QED) is 0.653. The number of anilines is 1. The number of hydrogen-bond donors (Lipinski definition) is 1. The molecule has 0 radical (unpaired) electrons. The zero-order valence-corrected chi connectivity index (χ0v) is 12.8. The standard InChI is InChI=1S/C15H19N3OS/c1-11-6-4-5-7-12(11)10-20-15-8-13(16-2)17-14(18-15)9-19-3/h4-8H,9-10H2,1-3H3,(H,16,17,18). The van der Waals surface area contributed by atoms with E-state index in [1.165, 1.54) is 11.1 Å². The van der Waals surface area contributed by atoms with E-state index in [9.17, 15) is 0 Å². The first-order valence-corrected chi connectivity index (χ1v) is 7.43. The molecule has 2 rings (SSSR count). The van der Waals surface area contributed by atoms with Gasteiger partial charge >= 0.3 is 0 Å². The van der Waals surface area contributed by atoms with Gasteiger partial charge in [0.15, 0.2) is 5.82 Å². The van der Waals surface area contributed by atoms with Gasteiger partial charge in [0.25, 0.3) is 0 Å². The van der Waals surface area contributed by atoms with Crippen molar-refractivity contribution in [2.45, 2.75) is 24.3 Å². The van der Waals surface area contributed by atoms with E-state index < -0.39 is 0 Å². The monoisotopic (exact) mass is 289 g/mol. The fourth-order valence-electron chi connectivity index (χ4n) is 1.79. The number of nitrogens with one attached hydrogen (secondary N) is 1. The highest BCUT2D eigenvalue weighted by Gasteiger charge is 2.06. The summed E-state index contributed by atoms with van der Waals surface area (Å²) >= 11 is 1.71. The molecular weight excluding hydrogens is 270 g/mol. The number of nitrogens with zero attached hydrogens (tertiary/aromatic N) is 2. The fourth-order valence-corrected chi connectivity index (χ4v) is 2.78. The average Bonchev–Trinajstić information content (AvgIpc) is 2.46. The van der Waals surface area contributed by atoms with Gasteiger partial charge in [-0.25, -0.2) is 9.97 Å². The van der Waals surface area contributed by atoms with Gasteiger partial charge in [0.1, 0.15) is 17.5 Å². The second kappa shape index (κ2) is 7.26. The zero-order valence-electron chi connectivity index (χ0n) is 12.0. The number of rotatable bonds is 6. The Morgan fingerprint density at radius 1 is 1.25 bits per heavy atom. The lowest BCUT2D eigenvalue weighted by molar-refractivity contribution is 0.177. The van der Waals surface area contributed by atoms with Gasteiger partial charge in [0.05, 0.1) is 0 Å². The van der Waals surface area contributed by atoms with Crippen LogP contribution in [0.3, 0.4) is 0 Å². The van der Waals surface area contributed by atoms with Crippen LogP contribution in [0.4, 0.5) is 5.82 Å². The van der Waals surface area contributed by atoms with Crippen molar-refractivity contribution in [1.29, 1.82) is 0 Å². The van der Waals surface area contributed by atoms with Crippen LogP contribution in [0.15, 0.2) is 35.4 Å². The molecule has 0 bridgehead atoms. The van der Waals surface area contributed by atoms with Crippen molar-refractivity contribution in [3.8, 4) is 0 Å². The SMILES string of the molecule is CNc1cc(SCc2ccccc2C)nc(COC)n1. The Morgan fingerprint density at radius 2 is 2.05 bits per heavy atom. The van der Waals surface area contributed by atoms with Gasteiger partial charge in [0.2, 0.25) is 0 Å². The average molecular weight is 289 g/mol. The summed E-state index contributed by atoms with van der Waals surface area (Å²) in [4.78, 5) is 8.86. The Hall–Kier alpha value is -1.59. The van der Waals surface area contributed by atoms with Gasteiger partial charge in [-0.15, -0.1) is 11.8 Å². The second-order valence-corrected chi connectivity index (χ2v) is 5.40. The van der Waals surface area contributed by atoms with E-state index in [2.05, 4.69) is 46.5 Å². The minimum absolute atomic E-state index is 0.424. The summed E-state index contributed by atoms with van der Waals surface area (Å²) in [5.74, 6) is 2.42. The van der Waals surface area contributed by atoms with Crippen LogP contribution in [-0.4, -0.2) is 24.1 Å². The van der Waals surface area contributed by atoms with E-state index in [1.54, 1.807) is 18.9 Å². The summed E-state index contributed by atoms with van der Waals surface area (Å²) in [6, 6.07) is 10.4. The Bertz CT molecular complexity index is 575. The highest BCUT2D eigenvalue weighted by atomic mass is 32.2. The third-order valence-electron chi connectivity index (χ3n) is 2.92. The number of hydrogen-bond acceptors (Lipinski definition) is 5. The second-order valence-electron chi connectivity index (χ2n) is 4.41. The van der Waals surface area contributed by atoms with Crippen LogP contribution in [0.1, 0.15) is 17.0 Å². The summed E-state index contributed by atoms with van der Waals surface area (Å²) in [5, 5.41) is 4.01. The molecule has 0 aliphatic carbocycles. The maximum atomic E-state index is 5.10. The number of benzene rings is 1. The van der Waals surface area contributed by atoms with Gasteiger partial charge in [-0.2, -0.15) is 0 Å². The predicted octanol–water partition coefficient (Wildman–Crippen LogP) is 3.27.